The minimum atomic E-state index is -3.61. The van der Waals surface area contributed by atoms with E-state index in [1.165, 1.54) is 4.31 Å². The average molecular weight is 236 g/mol. The first-order chi connectivity index (χ1) is 6.89. The predicted octanol–water partition coefficient (Wildman–Crippen LogP) is -2.32. The number of carbonyl (C=O) groups excluding carboxylic acids is 1. The minimum absolute atomic E-state index is 0.165. The predicted molar refractivity (Wildman–Crippen MR) is 54.9 cm³/mol. The van der Waals surface area contributed by atoms with Gasteiger partial charge < -0.3 is 5.73 Å². The molecule has 0 saturated carbocycles. The molecule has 0 aromatic heterocycles. The summed E-state index contributed by atoms with van der Waals surface area (Å²) in [4.78, 5) is 12.5. The van der Waals surface area contributed by atoms with Gasteiger partial charge in [-0.1, -0.05) is 0 Å². The normalized spacial score (nSPS) is 21.1. The zero-order valence-corrected chi connectivity index (χ0v) is 9.24. The number of nitrogens with two attached hydrogens (primary N) is 2. The molecule has 0 aliphatic carbocycles. The number of hydrogen-bond acceptors (Lipinski definition) is 4. The zero-order valence-electron chi connectivity index (χ0n) is 8.42. The van der Waals surface area contributed by atoms with Crippen LogP contribution in [0.25, 0.3) is 0 Å². The van der Waals surface area contributed by atoms with Crippen molar-refractivity contribution in [2.24, 2.45) is 10.9 Å². The summed E-state index contributed by atoms with van der Waals surface area (Å²) in [6, 6.07) is 0. The van der Waals surface area contributed by atoms with Crippen molar-refractivity contribution in [1.29, 1.82) is 0 Å². The fourth-order valence-corrected chi connectivity index (χ4v) is 2.30. The monoisotopic (exact) mass is 236 g/mol. The molecule has 1 aliphatic rings. The Morgan fingerprint density at radius 3 is 2.40 bits per heavy atom. The molecular formula is C7H16N4O3S. The summed E-state index contributed by atoms with van der Waals surface area (Å²) in [5, 5.41) is 5.01. The summed E-state index contributed by atoms with van der Waals surface area (Å²) < 4.78 is 23.3. The first kappa shape index (κ1) is 12.4. The van der Waals surface area contributed by atoms with E-state index in [1.54, 1.807) is 0 Å². The van der Waals surface area contributed by atoms with Gasteiger partial charge in [0.1, 0.15) is 0 Å². The van der Waals surface area contributed by atoms with Crippen LogP contribution in [0.15, 0.2) is 0 Å². The van der Waals surface area contributed by atoms with Crippen LogP contribution in [0, 0.1) is 0 Å². The van der Waals surface area contributed by atoms with Gasteiger partial charge in [0.2, 0.25) is 5.91 Å². The Labute approximate surface area is 89.2 Å². The molecule has 1 heterocycles. The van der Waals surface area contributed by atoms with Crippen LogP contribution < -0.4 is 10.9 Å². The summed E-state index contributed by atoms with van der Waals surface area (Å²) in [5.74, 6) is -0.404. The second kappa shape index (κ2) is 4.88. The van der Waals surface area contributed by atoms with Crippen molar-refractivity contribution in [3.63, 3.8) is 0 Å². The second-order valence-electron chi connectivity index (χ2n) is 3.54. The van der Waals surface area contributed by atoms with E-state index in [9.17, 15) is 13.2 Å². The largest absolute Gasteiger partial charge is 0.369 e. The highest BCUT2D eigenvalue weighted by molar-refractivity contribution is 7.86. The van der Waals surface area contributed by atoms with E-state index in [4.69, 9.17) is 10.9 Å². The zero-order chi connectivity index (χ0) is 11.5. The Morgan fingerprint density at radius 1 is 1.20 bits per heavy atom. The molecule has 1 aliphatic heterocycles. The van der Waals surface area contributed by atoms with Crippen molar-refractivity contribution in [3.05, 3.63) is 0 Å². The standard InChI is InChI=1S/C7H16N4O3S/c8-7(12)6-10-2-1-3-11(5-4-10)15(9,13)14/h1-6H2,(H2,8,12)(H2,9,13,14). The molecule has 0 atom stereocenters. The molecule has 0 aromatic rings. The lowest BCUT2D eigenvalue weighted by Gasteiger charge is -2.18. The van der Waals surface area contributed by atoms with Crippen molar-refractivity contribution in [2.45, 2.75) is 6.42 Å². The SMILES string of the molecule is NC(=O)CN1CCCN(S(N)(=O)=O)CC1. The van der Waals surface area contributed by atoms with E-state index < -0.39 is 16.1 Å². The molecule has 8 heteroatoms. The lowest BCUT2D eigenvalue weighted by molar-refractivity contribution is -0.119. The third-order valence-electron chi connectivity index (χ3n) is 2.29. The fraction of sp³-hybridized carbons (Fsp3) is 0.857. The summed E-state index contributed by atoms with van der Waals surface area (Å²) in [6.07, 6.45) is 0.656. The number of amides is 1. The molecule has 7 nitrogen and oxygen atoms in total. The van der Waals surface area contributed by atoms with Crippen molar-refractivity contribution >= 4 is 16.1 Å². The highest BCUT2D eigenvalue weighted by Crippen LogP contribution is 2.04. The van der Waals surface area contributed by atoms with Crippen LogP contribution in [0.1, 0.15) is 6.42 Å². The molecule has 0 spiro atoms. The van der Waals surface area contributed by atoms with Crippen molar-refractivity contribution in [1.82, 2.24) is 9.21 Å². The first-order valence-corrected chi connectivity index (χ1v) is 6.18. The summed E-state index contributed by atoms with van der Waals surface area (Å²) in [5.41, 5.74) is 5.06. The van der Waals surface area contributed by atoms with Gasteiger partial charge in [-0.15, -0.1) is 0 Å². The fourth-order valence-electron chi connectivity index (χ4n) is 1.58. The Kier molecular flexibility index (Phi) is 4.03. The van der Waals surface area contributed by atoms with E-state index in [2.05, 4.69) is 0 Å². The van der Waals surface area contributed by atoms with Gasteiger partial charge in [-0.25, -0.2) is 5.14 Å². The molecule has 88 valence electrons. The van der Waals surface area contributed by atoms with E-state index in [-0.39, 0.29) is 6.54 Å². The van der Waals surface area contributed by atoms with Crippen LogP contribution in [0.3, 0.4) is 0 Å². The van der Waals surface area contributed by atoms with E-state index >= 15 is 0 Å². The molecule has 1 saturated heterocycles. The summed E-state index contributed by atoms with van der Waals surface area (Å²) in [6.45, 7) is 2.02. The quantitative estimate of drug-likeness (QED) is 0.573. The molecule has 1 rings (SSSR count). The summed E-state index contributed by atoms with van der Waals surface area (Å²) >= 11 is 0. The van der Waals surface area contributed by atoms with Crippen LogP contribution in [0.2, 0.25) is 0 Å². The number of hydrogen-bond donors (Lipinski definition) is 2. The Morgan fingerprint density at radius 2 is 1.87 bits per heavy atom. The Bertz CT molecular complexity index is 329. The average Bonchev–Trinajstić information content (AvgIpc) is 2.27. The third kappa shape index (κ3) is 4.12. The molecular weight excluding hydrogens is 220 g/mol. The number of rotatable bonds is 3. The van der Waals surface area contributed by atoms with Gasteiger partial charge in [-0.2, -0.15) is 12.7 Å². The Balaban J connectivity index is 2.52. The maximum absolute atomic E-state index is 11.1. The van der Waals surface area contributed by atoms with Crippen LogP contribution >= 0.6 is 0 Å². The molecule has 0 bridgehead atoms. The maximum atomic E-state index is 11.1. The smallest absolute Gasteiger partial charge is 0.276 e. The van der Waals surface area contributed by atoms with Gasteiger partial charge in [0.25, 0.3) is 10.2 Å². The lowest BCUT2D eigenvalue weighted by Crippen LogP contribution is -2.40. The van der Waals surface area contributed by atoms with Crippen molar-refractivity contribution < 1.29 is 13.2 Å². The van der Waals surface area contributed by atoms with E-state index in [0.717, 1.165) is 0 Å². The number of carbonyl (C=O) groups is 1. The lowest BCUT2D eigenvalue weighted by atomic mass is 10.4. The molecule has 1 amide bonds. The maximum Gasteiger partial charge on any atom is 0.276 e. The van der Waals surface area contributed by atoms with Gasteiger partial charge in [-0.05, 0) is 13.0 Å². The number of primary amides is 1. The van der Waals surface area contributed by atoms with E-state index in [0.29, 0.717) is 32.6 Å². The molecule has 0 unspecified atom stereocenters. The van der Waals surface area contributed by atoms with Gasteiger partial charge in [0.05, 0.1) is 6.54 Å². The van der Waals surface area contributed by atoms with Gasteiger partial charge in [-0.3, -0.25) is 9.69 Å². The van der Waals surface area contributed by atoms with Crippen LogP contribution in [-0.4, -0.2) is 56.3 Å². The third-order valence-corrected chi connectivity index (χ3v) is 3.37. The number of nitrogens with zero attached hydrogens (tertiary/aromatic N) is 2. The van der Waals surface area contributed by atoms with Gasteiger partial charge >= 0.3 is 0 Å². The van der Waals surface area contributed by atoms with Crippen LogP contribution in [0.4, 0.5) is 0 Å². The molecule has 15 heavy (non-hydrogen) atoms. The van der Waals surface area contributed by atoms with Crippen molar-refractivity contribution in [2.75, 3.05) is 32.7 Å². The minimum Gasteiger partial charge on any atom is -0.369 e. The van der Waals surface area contributed by atoms with Crippen LogP contribution in [-0.2, 0) is 15.0 Å². The summed E-state index contributed by atoms with van der Waals surface area (Å²) in [7, 11) is -3.61. The molecule has 0 aromatic carbocycles. The highest BCUT2D eigenvalue weighted by Gasteiger charge is 2.22. The molecule has 0 radical (unpaired) electrons. The second-order valence-corrected chi connectivity index (χ2v) is 5.09. The molecule has 1 fully saturated rings. The Hall–Kier alpha value is -0.700. The van der Waals surface area contributed by atoms with Gasteiger partial charge in [0, 0.05) is 19.6 Å². The van der Waals surface area contributed by atoms with Crippen LogP contribution in [0.5, 0.6) is 0 Å². The van der Waals surface area contributed by atoms with Crippen molar-refractivity contribution in [3.8, 4) is 0 Å². The molecule has 4 N–H and O–H groups in total. The topological polar surface area (TPSA) is 110 Å². The first-order valence-electron chi connectivity index (χ1n) is 4.68. The van der Waals surface area contributed by atoms with Gasteiger partial charge in [0.15, 0.2) is 0 Å². The van der Waals surface area contributed by atoms with E-state index in [1.807, 2.05) is 4.90 Å². The highest BCUT2D eigenvalue weighted by atomic mass is 32.2.